The molecule has 186 valence electrons. The highest BCUT2D eigenvalue weighted by Gasteiger charge is 2.55. The van der Waals surface area contributed by atoms with Crippen LogP contribution in [0, 0.1) is 17.8 Å². The van der Waals surface area contributed by atoms with Gasteiger partial charge in [-0.15, -0.1) is 0 Å². The van der Waals surface area contributed by atoms with Crippen molar-refractivity contribution < 1.29 is 19.4 Å². The second-order valence-corrected chi connectivity index (χ2v) is 11.3. The average molecular weight is 472 g/mol. The third-order valence-electron chi connectivity index (χ3n) is 7.99. The lowest BCUT2D eigenvalue weighted by atomic mass is 9.52. The molecular weight excluding hydrogens is 434 g/mol. The van der Waals surface area contributed by atoms with Gasteiger partial charge < -0.3 is 25.4 Å². The maximum Gasteiger partial charge on any atom is 0.256 e. The van der Waals surface area contributed by atoms with Crippen molar-refractivity contribution in [3.63, 3.8) is 0 Å². The number of nitrogens with zero attached hydrogens (tertiary/aromatic N) is 3. The molecule has 3 N–H and O–H groups in total. The Hall–Kier alpha value is -2.39. The number of morpholine rings is 1. The molecular formula is C25H37N5O4. The first kappa shape index (κ1) is 23.4. The third kappa shape index (κ3) is 4.60. The van der Waals surface area contributed by atoms with E-state index >= 15 is 0 Å². The number of anilines is 1. The van der Waals surface area contributed by atoms with Crippen LogP contribution in [0.15, 0.2) is 12.3 Å². The summed E-state index contributed by atoms with van der Waals surface area (Å²) in [5, 5.41) is 21.7. The number of aliphatic hydroxyl groups is 1. The second kappa shape index (κ2) is 8.68. The van der Waals surface area contributed by atoms with Crippen molar-refractivity contribution >= 4 is 23.8 Å². The van der Waals surface area contributed by atoms with Gasteiger partial charge in [-0.1, -0.05) is 0 Å². The Morgan fingerprint density at radius 3 is 2.50 bits per heavy atom. The first-order valence-corrected chi connectivity index (χ1v) is 12.5. The molecule has 2 unspecified atom stereocenters. The van der Waals surface area contributed by atoms with Crippen molar-refractivity contribution in [2.24, 2.45) is 17.8 Å². The van der Waals surface area contributed by atoms with Gasteiger partial charge in [-0.25, -0.2) is 4.68 Å². The van der Waals surface area contributed by atoms with E-state index < -0.39 is 11.1 Å². The van der Waals surface area contributed by atoms with E-state index in [0.29, 0.717) is 49.6 Å². The summed E-state index contributed by atoms with van der Waals surface area (Å²) in [7, 11) is 0. The lowest BCUT2D eigenvalue weighted by Gasteiger charge is -2.58. The maximum absolute atomic E-state index is 13.6. The third-order valence-corrected chi connectivity index (χ3v) is 7.99. The van der Waals surface area contributed by atoms with E-state index in [1.807, 2.05) is 26.1 Å². The quantitative estimate of drug-likeness (QED) is 0.584. The van der Waals surface area contributed by atoms with E-state index in [4.69, 9.17) is 4.74 Å². The van der Waals surface area contributed by atoms with Crippen molar-refractivity contribution in [1.82, 2.24) is 20.4 Å². The van der Waals surface area contributed by atoms with Crippen LogP contribution in [0.4, 0.5) is 5.82 Å². The minimum Gasteiger partial charge on any atom is -0.390 e. The van der Waals surface area contributed by atoms with Crippen molar-refractivity contribution in [2.45, 2.75) is 70.1 Å². The predicted octanol–water partition coefficient (Wildman–Crippen LogP) is 1.77. The highest BCUT2D eigenvalue weighted by atomic mass is 16.5. The largest absolute Gasteiger partial charge is 0.390 e. The summed E-state index contributed by atoms with van der Waals surface area (Å²) in [6.07, 6.45) is 10.0. The summed E-state index contributed by atoms with van der Waals surface area (Å²) in [6, 6.07) is 0.111. The van der Waals surface area contributed by atoms with Gasteiger partial charge in [-0.05, 0) is 69.8 Å². The average Bonchev–Trinajstić information content (AvgIpc) is 3.17. The van der Waals surface area contributed by atoms with Gasteiger partial charge in [0.25, 0.3) is 5.91 Å². The van der Waals surface area contributed by atoms with Gasteiger partial charge in [-0.3, -0.25) is 9.59 Å². The van der Waals surface area contributed by atoms with E-state index in [1.165, 1.54) is 6.92 Å². The molecule has 9 heteroatoms. The second-order valence-electron chi connectivity index (χ2n) is 11.3. The van der Waals surface area contributed by atoms with Gasteiger partial charge >= 0.3 is 0 Å². The molecule has 4 aliphatic carbocycles. The summed E-state index contributed by atoms with van der Waals surface area (Å²) in [5.74, 6) is 1.83. The van der Waals surface area contributed by atoms with Crippen LogP contribution in [0.25, 0.3) is 6.20 Å². The van der Waals surface area contributed by atoms with Crippen LogP contribution in [0.5, 0.6) is 0 Å². The van der Waals surface area contributed by atoms with E-state index in [-0.39, 0.29) is 17.9 Å². The zero-order valence-corrected chi connectivity index (χ0v) is 20.4. The van der Waals surface area contributed by atoms with Crippen LogP contribution >= 0.6 is 0 Å². The van der Waals surface area contributed by atoms with Crippen LogP contribution in [0.2, 0.25) is 0 Å². The summed E-state index contributed by atoms with van der Waals surface area (Å²) in [4.78, 5) is 27.2. The number of rotatable bonds is 6. The minimum absolute atomic E-state index is 0.105. The van der Waals surface area contributed by atoms with Crippen molar-refractivity contribution in [1.29, 1.82) is 0 Å². The Balaban J connectivity index is 1.39. The lowest BCUT2D eigenvalue weighted by molar-refractivity contribution is -0.136. The number of ether oxygens (including phenoxy) is 1. The molecule has 5 aliphatic rings. The topological polar surface area (TPSA) is 109 Å². The van der Waals surface area contributed by atoms with Gasteiger partial charge in [0, 0.05) is 32.3 Å². The Kier molecular flexibility index (Phi) is 5.96. The zero-order valence-electron chi connectivity index (χ0n) is 20.4. The SMILES string of the molecule is CC(=O)NC(C)(C)C=Cn1ncc(C(=O)NC2C3CC4CC2CC(O)(C4)C3)c1N1CCOCC1. The number of amides is 2. The molecule has 4 saturated carbocycles. The fourth-order valence-corrected chi connectivity index (χ4v) is 6.91. The first-order chi connectivity index (χ1) is 16.1. The number of hydrogen-bond acceptors (Lipinski definition) is 6. The predicted molar refractivity (Wildman–Crippen MR) is 128 cm³/mol. The van der Waals surface area contributed by atoms with Crippen molar-refractivity contribution in [3.8, 4) is 0 Å². The number of carbonyl (C=O) groups excluding carboxylic acids is 2. The number of aromatic nitrogens is 2. The van der Waals surface area contributed by atoms with E-state index in [1.54, 1.807) is 10.9 Å². The van der Waals surface area contributed by atoms with Crippen molar-refractivity contribution in [2.75, 3.05) is 31.2 Å². The monoisotopic (exact) mass is 471 g/mol. The molecule has 4 bridgehead atoms. The molecule has 0 radical (unpaired) electrons. The van der Waals surface area contributed by atoms with Crippen LogP contribution < -0.4 is 15.5 Å². The normalized spacial score (nSPS) is 32.9. The van der Waals surface area contributed by atoms with E-state index in [0.717, 1.165) is 37.9 Å². The molecule has 0 aromatic carbocycles. The number of carbonyl (C=O) groups is 2. The Labute approximate surface area is 200 Å². The molecule has 0 spiro atoms. The number of nitrogens with one attached hydrogen (secondary N) is 2. The maximum atomic E-state index is 13.6. The van der Waals surface area contributed by atoms with E-state index in [9.17, 15) is 14.7 Å². The summed E-state index contributed by atoms with van der Waals surface area (Å²) < 4.78 is 7.26. The molecule has 1 aromatic rings. The molecule has 9 nitrogen and oxygen atoms in total. The fraction of sp³-hybridized carbons (Fsp3) is 0.720. The molecule has 6 rings (SSSR count). The molecule has 2 amide bonds. The lowest BCUT2D eigenvalue weighted by Crippen LogP contribution is -2.61. The molecule has 1 saturated heterocycles. The van der Waals surface area contributed by atoms with Gasteiger partial charge in [0.2, 0.25) is 5.91 Å². The van der Waals surface area contributed by atoms with Crippen LogP contribution in [0.3, 0.4) is 0 Å². The summed E-state index contributed by atoms with van der Waals surface area (Å²) in [6.45, 7) is 7.87. The molecule has 1 aromatic heterocycles. The summed E-state index contributed by atoms with van der Waals surface area (Å²) in [5.41, 5.74) is -0.521. The van der Waals surface area contributed by atoms with Crippen LogP contribution in [0.1, 0.15) is 63.2 Å². The highest BCUT2D eigenvalue weighted by Crippen LogP contribution is 2.55. The molecule has 1 aliphatic heterocycles. The Morgan fingerprint density at radius 2 is 1.88 bits per heavy atom. The minimum atomic E-state index is -0.552. The first-order valence-electron chi connectivity index (χ1n) is 12.5. The zero-order chi connectivity index (χ0) is 24.1. The van der Waals surface area contributed by atoms with Crippen LogP contribution in [-0.2, 0) is 9.53 Å². The number of hydrogen-bond donors (Lipinski definition) is 3. The molecule has 2 atom stereocenters. The van der Waals surface area contributed by atoms with Gasteiger partial charge in [0.1, 0.15) is 11.4 Å². The van der Waals surface area contributed by atoms with Gasteiger partial charge in [-0.2, -0.15) is 5.10 Å². The van der Waals surface area contributed by atoms with E-state index in [2.05, 4.69) is 20.6 Å². The Bertz CT molecular complexity index is 964. The Morgan fingerprint density at radius 1 is 1.21 bits per heavy atom. The standard InChI is InChI=1S/C25H37N5O4/c1-16(31)28-24(2,3)4-5-30-23(29-6-8-34-9-7-29)20(15-26-30)22(32)27-21-18-10-17-11-19(21)14-25(33,12-17)13-18/h4-5,15,17-19,21,33H,6-14H2,1-3H3,(H,27,32)(H,28,31). The summed E-state index contributed by atoms with van der Waals surface area (Å²) >= 11 is 0. The van der Waals surface area contributed by atoms with Gasteiger partial charge in [0.05, 0.1) is 30.6 Å². The molecule has 34 heavy (non-hydrogen) atoms. The smallest absolute Gasteiger partial charge is 0.256 e. The van der Waals surface area contributed by atoms with Gasteiger partial charge in [0.15, 0.2) is 0 Å². The highest BCUT2D eigenvalue weighted by molar-refractivity contribution is 5.99. The van der Waals surface area contributed by atoms with Crippen LogP contribution in [-0.4, -0.2) is 70.2 Å². The molecule has 5 fully saturated rings. The molecule has 2 heterocycles. The fourth-order valence-electron chi connectivity index (χ4n) is 6.91. The van der Waals surface area contributed by atoms with Crippen molar-refractivity contribution in [3.05, 3.63) is 17.8 Å².